The van der Waals surface area contributed by atoms with Gasteiger partial charge in [0.05, 0.1) is 36.7 Å². The van der Waals surface area contributed by atoms with Gasteiger partial charge in [-0.1, -0.05) is 18.5 Å². The molecule has 2 aromatic heterocycles. The summed E-state index contributed by atoms with van der Waals surface area (Å²) in [6.45, 7) is 4.07. The second-order valence-electron chi connectivity index (χ2n) is 10.9. The van der Waals surface area contributed by atoms with Crippen LogP contribution in [0, 0.1) is 24.5 Å². The molecule has 0 spiro atoms. The van der Waals surface area contributed by atoms with Crippen molar-refractivity contribution in [2.24, 2.45) is 5.92 Å². The highest BCUT2D eigenvalue weighted by Gasteiger charge is 2.47. The van der Waals surface area contributed by atoms with Crippen molar-refractivity contribution in [1.82, 2.24) is 15.3 Å². The molecule has 2 aliphatic rings. The number of hydrogen-bond donors (Lipinski definition) is 2. The number of rotatable bonds is 7. The second kappa shape index (κ2) is 10.7. The zero-order valence-electron chi connectivity index (χ0n) is 23.0. The molecule has 3 heterocycles. The minimum atomic E-state index is -1.53. The van der Waals surface area contributed by atoms with E-state index >= 15 is 0 Å². The lowest BCUT2D eigenvalue weighted by Crippen LogP contribution is -2.43. The number of aromatic nitrogens is 2. The van der Waals surface area contributed by atoms with E-state index in [1.807, 2.05) is 19.9 Å². The van der Waals surface area contributed by atoms with Crippen molar-refractivity contribution in [2.75, 3.05) is 20.3 Å². The molecule has 2 atom stereocenters. The Labute approximate surface area is 254 Å². The van der Waals surface area contributed by atoms with Gasteiger partial charge in [-0.3, -0.25) is 4.79 Å². The Morgan fingerprint density at radius 2 is 2.00 bits per heavy atom. The summed E-state index contributed by atoms with van der Waals surface area (Å²) in [5.74, 6) is -2.01. The third kappa shape index (κ3) is 4.89. The molecular formula is C31H27BrClF2N3O4. The number of pyridine rings is 2. The van der Waals surface area contributed by atoms with Crippen molar-refractivity contribution in [3.63, 3.8) is 0 Å². The summed E-state index contributed by atoms with van der Waals surface area (Å²) < 4.78 is 40.5. The number of aliphatic hydroxyl groups is 1. The minimum absolute atomic E-state index is 0.0377. The van der Waals surface area contributed by atoms with Crippen molar-refractivity contribution < 1.29 is 28.2 Å². The first-order valence-electron chi connectivity index (χ1n) is 13.5. The fourth-order valence-electron chi connectivity index (χ4n) is 5.41. The largest absolute Gasteiger partial charge is 0.494 e. The Balaban J connectivity index is 1.37. The van der Waals surface area contributed by atoms with E-state index in [2.05, 4.69) is 26.2 Å². The van der Waals surface area contributed by atoms with E-state index in [9.17, 15) is 18.7 Å². The second-order valence-corrected chi connectivity index (χ2v) is 12.1. The van der Waals surface area contributed by atoms with Crippen LogP contribution >= 0.6 is 27.5 Å². The Hall–Kier alpha value is -3.34. The number of benzene rings is 2. The van der Waals surface area contributed by atoms with Crippen LogP contribution in [0.1, 0.15) is 53.0 Å². The smallest absolute Gasteiger partial charge is 0.251 e. The van der Waals surface area contributed by atoms with E-state index in [4.69, 9.17) is 26.1 Å². The number of nitrogens with one attached hydrogen (secondary N) is 1. The van der Waals surface area contributed by atoms with Crippen LogP contribution in [0.15, 0.2) is 40.9 Å². The first-order valence-corrected chi connectivity index (χ1v) is 14.7. The molecule has 0 bridgehead atoms. The lowest BCUT2D eigenvalue weighted by Gasteiger charge is -2.29. The highest BCUT2D eigenvalue weighted by Crippen LogP contribution is 2.49. The zero-order chi connectivity index (χ0) is 29.9. The van der Waals surface area contributed by atoms with Gasteiger partial charge >= 0.3 is 0 Å². The number of hydrogen-bond acceptors (Lipinski definition) is 6. The highest BCUT2D eigenvalue weighted by atomic mass is 79.9. The van der Waals surface area contributed by atoms with Gasteiger partial charge in [0, 0.05) is 32.5 Å². The van der Waals surface area contributed by atoms with Gasteiger partial charge in [0.15, 0.2) is 11.6 Å². The molecule has 4 aromatic rings. The summed E-state index contributed by atoms with van der Waals surface area (Å²) in [5.41, 5.74) is 1.68. The normalized spacial score (nSPS) is 17.5. The maximum atomic E-state index is 14.5. The number of amides is 1. The third-order valence-electron chi connectivity index (χ3n) is 8.01. The molecule has 1 fully saturated rings. The summed E-state index contributed by atoms with van der Waals surface area (Å²) in [7, 11) is 1.52. The van der Waals surface area contributed by atoms with Gasteiger partial charge in [-0.15, -0.1) is 0 Å². The van der Waals surface area contributed by atoms with Gasteiger partial charge in [0.1, 0.15) is 28.3 Å². The average Bonchev–Trinajstić information content (AvgIpc) is 3.77. The van der Waals surface area contributed by atoms with E-state index in [1.165, 1.54) is 13.2 Å². The summed E-state index contributed by atoms with van der Waals surface area (Å²) in [6.07, 6.45) is 1.47. The van der Waals surface area contributed by atoms with Crippen molar-refractivity contribution in [3.8, 4) is 22.8 Å². The quantitative estimate of drug-likeness (QED) is 0.212. The first kappa shape index (κ1) is 28.8. The summed E-state index contributed by atoms with van der Waals surface area (Å²) in [6, 6.07) is 9.31. The minimum Gasteiger partial charge on any atom is -0.494 e. The van der Waals surface area contributed by atoms with Gasteiger partial charge in [-0.05, 0) is 78.0 Å². The Morgan fingerprint density at radius 3 is 2.71 bits per heavy atom. The van der Waals surface area contributed by atoms with Gasteiger partial charge in [0.2, 0.25) is 0 Å². The number of carbonyl (C=O) groups excluding carboxylic acids is 1. The summed E-state index contributed by atoms with van der Waals surface area (Å²) in [5, 5.41) is 15.3. The molecule has 0 saturated heterocycles. The third-order valence-corrected chi connectivity index (χ3v) is 9.18. The van der Waals surface area contributed by atoms with Crippen molar-refractivity contribution in [3.05, 3.63) is 80.0 Å². The van der Waals surface area contributed by atoms with Gasteiger partial charge < -0.3 is 19.9 Å². The number of fused-ring (bicyclic) bond motifs is 2. The van der Waals surface area contributed by atoms with Crippen molar-refractivity contribution in [1.29, 1.82) is 0 Å². The number of halogens is 4. The highest BCUT2D eigenvalue weighted by molar-refractivity contribution is 9.10. The first-order chi connectivity index (χ1) is 20.0. The summed E-state index contributed by atoms with van der Waals surface area (Å²) >= 11 is 9.71. The van der Waals surface area contributed by atoms with E-state index < -0.39 is 28.2 Å². The standard InChI is InChI=1S/C31H27BrClF2N3O4/c1-14-12-42-29-20(14)11-24(38-28(29)19-6-7-22(34)26(35)25(19)33)31(40,18-4-5-18)13-36-30(39)17-8-16-9-21(32)15(2)37-27(16)23(10-17)41-3/h6-11,14,18,40H,4-5,12-13H2,1-3H3,(H,36,39)/t14-,31-/m1/s1. The van der Waals surface area contributed by atoms with Gasteiger partial charge in [-0.25, -0.2) is 18.7 Å². The molecular weight excluding hydrogens is 632 g/mol. The van der Waals surface area contributed by atoms with Crippen LogP contribution in [-0.2, 0) is 5.60 Å². The molecule has 0 unspecified atom stereocenters. The lowest BCUT2D eigenvalue weighted by molar-refractivity contribution is 0.00950. The maximum Gasteiger partial charge on any atom is 0.251 e. The van der Waals surface area contributed by atoms with Crippen molar-refractivity contribution in [2.45, 2.75) is 38.2 Å². The predicted octanol–water partition coefficient (Wildman–Crippen LogP) is 6.83. The molecule has 2 N–H and O–H groups in total. The topological polar surface area (TPSA) is 93.6 Å². The van der Waals surface area contributed by atoms with Gasteiger partial charge in [-0.2, -0.15) is 0 Å². The Morgan fingerprint density at radius 1 is 1.24 bits per heavy atom. The molecule has 1 saturated carbocycles. The fraction of sp³-hybridized carbons (Fsp3) is 0.323. The predicted molar refractivity (Wildman–Crippen MR) is 158 cm³/mol. The van der Waals surface area contributed by atoms with E-state index in [-0.39, 0.29) is 29.6 Å². The number of carbonyl (C=O) groups is 1. The molecule has 0 radical (unpaired) electrons. The Bertz CT molecular complexity index is 1770. The lowest BCUT2D eigenvalue weighted by atomic mass is 9.89. The van der Waals surface area contributed by atoms with Crippen LogP contribution in [0.2, 0.25) is 5.02 Å². The number of ether oxygens (including phenoxy) is 2. The summed E-state index contributed by atoms with van der Waals surface area (Å²) in [4.78, 5) is 22.7. The fourth-order valence-corrected chi connectivity index (χ4v) is 5.99. The van der Waals surface area contributed by atoms with Crippen LogP contribution in [0.5, 0.6) is 11.5 Å². The van der Waals surface area contributed by atoms with E-state index in [0.717, 1.165) is 40.0 Å². The molecule has 2 aromatic carbocycles. The molecule has 6 rings (SSSR count). The van der Waals surface area contributed by atoms with Crippen LogP contribution < -0.4 is 14.8 Å². The van der Waals surface area contributed by atoms with Crippen LogP contribution in [0.4, 0.5) is 8.78 Å². The monoisotopic (exact) mass is 657 g/mol. The molecule has 218 valence electrons. The molecule has 11 heteroatoms. The molecule has 42 heavy (non-hydrogen) atoms. The molecule has 1 amide bonds. The number of methoxy groups -OCH3 is 1. The van der Waals surface area contributed by atoms with Crippen LogP contribution in [0.25, 0.3) is 22.2 Å². The molecule has 1 aliphatic carbocycles. The average molecular weight is 659 g/mol. The van der Waals surface area contributed by atoms with E-state index in [1.54, 1.807) is 18.2 Å². The van der Waals surface area contributed by atoms with Crippen molar-refractivity contribution >= 4 is 44.3 Å². The van der Waals surface area contributed by atoms with Crippen LogP contribution in [0.3, 0.4) is 0 Å². The Kier molecular flexibility index (Phi) is 7.35. The number of nitrogens with zero attached hydrogens (tertiary/aromatic N) is 2. The van der Waals surface area contributed by atoms with Gasteiger partial charge in [0.25, 0.3) is 5.91 Å². The number of aryl methyl sites for hydroxylation is 1. The maximum absolute atomic E-state index is 14.5. The molecule has 1 aliphatic heterocycles. The van der Waals surface area contributed by atoms with Crippen LogP contribution in [-0.4, -0.2) is 41.2 Å². The SMILES string of the molecule is COc1cc(C(=O)NC[C@](O)(c2cc3c(c(-c4ccc(F)c(F)c4Cl)n2)OC[C@H]3C)C2CC2)cc2cc(Br)c(C)nc12. The zero-order valence-corrected chi connectivity index (χ0v) is 25.4. The molecule has 7 nitrogen and oxygen atoms in total. The van der Waals surface area contributed by atoms with E-state index in [0.29, 0.717) is 34.9 Å².